The number of rotatable bonds is 7. The molecule has 0 aromatic carbocycles. The zero-order valence-corrected chi connectivity index (χ0v) is 14.7. The summed E-state index contributed by atoms with van der Waals surface area (Å²) in [5, 5.41) is 2.54. The standard InChI is InChI=1S/C16H29NO5/c1-10(2)8-12(17-15(20)22-16(5,6)7)13(18)9-14(19)21-11(3)4/h10-12H,8-9H2,1-7H3,(H,17,20)/t12-/m0/s1. The SMILES string of the molecule is CC(C)C[C@H](NC(=O)OC(C)(C)C)C(=O)CC(=O)OC(C)C. The minimum Gasteiger partial charge on any atom is -0.463 e. The van der Waals surface area contributed by atoms with Crippen LogP contribution in [0.5, 0.6) is 0 Å². The maximum absolute atomic E-state index is 12.2. The lowest BCUT2D eigenvalue weighted by Gasteiger charge is -2.24. The molecule has 0 aliphatic heterocycles. The summed E-state index contributed by atoms with van der Waals surface area (Å²) >= 11 is 0. The smallest absolute Gasteiger partial charge is 0.408 e. The molecule has 0 bridgehead atoms. The van der Waals surface area contributed by atoms with Gasteiger partial charge in [0, 0.05) is 0 Å². The van der Waals surface area contributed by atoms with E-state index in [1.807, 2.05) is 13.8 Å². The van der Waals surface area contributed by atoms with E-state index in [0.717, 1.165) is 0 Å². The number of alkyl carbamates (subject to hydrolysis) is 1. The van der Waals surface area contributed by atoms with Crippen LogP contribution in [0.3, 0.4) is 0 Å². The van der Waals surface area contributed by atoms with Crippen molar-refractivity contribution in [1.82, 2.24) is 5.32 Å². The maximum Gasteiger partial charge on any atom is 0.408 e. The monoisotopic (exact) mass is 315 g/mol. The Morgan fingerprint density at radius 3 is 2.00 bits per heavy atom. The zero-order valence-electron chi connectivity index (χ0n) is 14.7. The molecule has 6 heteroatoms. The highest BCUT2D eigenvalue weighted by Gasteiger charge is 2.27. The average Bonchev–Trinajstić information content (AvgIpc) is 2.22. The van der Waals surface area contributed by atoms with Crippen molar-refractivity contribution in [2.45, 2.75) is 79.1 Å². The second-order valence-corrected chi connectivity index (χ2v) is 7.01. The van der Waals surface area contributed by atoms with Gasteiger partial charge in [0.2, 0.25) is 0 Å². The molecule has 0 aromatic rings. The van der Waals surface area contributed by atoms with Crippen molar-refractivity contribution in [2.24, 2.45) is 5.92 Å². The van der Waals surface area contributed by atoms with Gasteiger partial charge < -0.3 is 14.8 Å². The molecule has 0 radical (unpaired) electrons. The predicted molar refractivity (Wildman–Crippen MR) is 83.5 cm³/mol. The van der Waals surface area contributed by atoms with Crippen LogP contribution in [0.2, 0.25) is 0 Å². The number of amides is 1. The first-order valence-electron chi connectivity index (χ1n) is 7.62. The highest BCUT2D eigenvalue weighted by Crippen LogP contribution is 2.11. The Kier molecular flexibility index (Phi) is 8.12. The third-order valence-corrected chi connectivity index (χ3v) is 2.47. The molecule has 0 aromatic heterocycles. The predicted octanol–water partition coefficient (Wildman–Crippen LogP) is 2.84. The van der Waals surface area contributed by atoms with E-state index in [0.29, 0.717) is 6.42 Å². The Bertz CT molecular complexity index is 396. The number of ether oxygens (including phenoxy) is 2. The molecular formula is C16H29NO5. The minimum absolute atomic E-state index is 0.185. The summed E-state index contributed by atoms with van der Waals surface area (Å²) in [7, 11) is 0. The molecule has 1 amide bonds. The summed E-state index contributed by atoms with van der Waals surface area (Å²) in [5.74, 6) is -0.769. The molecule has 0 aliphatic rings. The van der Waals surface area contributed by atoms with Crippen LogP contribution in [0.4, 0.5) is 4.79 Å². The largest absolute Gasteiger partial charge is 0.463 e. The fraction of sp³-hybridized carbons (Fsp3) is 0.812. The lowest BCUT2D eigenvalue weighted by atomic mass is 9.99. The van der Waals surface area contributed by atoms with Gasteiger partial charge in [0.05, 0.1) is 12.1 Å². The minimum atomic E-state index is -0.755. The lowest BCUT2D eigenvalue weighted by molar-refractivity contribution is -0.149. The van der Waals surface area contributed by atoms with Gasteiger partial charge in [-0.3, -0.25) is 9.59 Å². The Hall–Kier alpha value is -1.59. The van der Waals surface area contributed by atoms with Crippen molar-refractivity contribution in [3.8, 4) is 0 Å². The zero-order chi connectivity index (χ0) is 17.5. The molecule has 1 N–H and O–H groups in total. The number of esters is 1. The van der Waals surface area contributed by atoms with Crippen molar-refractivity contribution in [3.05, 3.63) is 0 Å². The fourth-order valence-electron chi connectivity index (χ4n) is 1.76. The van der Waals surface area contributed by atoms with Crippen molar-refractivity contribution in [3.63, 3.8) is 0 Å². The van der Waals surface area contributed by atoms with E-state index in [4.69, 9.17) is 9.47 Å². The third-order valence-electron chi connectivity index (χ3n) is 2.47. The van der Waals surface area contributed by atoms with Crippen LogP contribution in [0.25, 0.3) is 0 Å². The van der Waals surface area contributed by atoms with Gasteiger partial charge in [0.25, 0.3) is 0 Å². The lowest BCUT2D eigenvalue weighted by Crippen LogP contribution is -2.44. The number of ketones is 1. The summed E-state index contributed by atoms with van der Waals surface area (Å²) in [6.07, 6.45) is -0.857. The van der Waals surface area contributed by atoms with E-state index in [1.54, 1.807) is 34.6 Å². The molecule has 0 spiro atoms. The van der Waals surface area contributed by atoms with E-state index in [-0.39, 0.29) is 24.2 Å². The van der Waals surface area contributed by atoms with Gasteiger partial charge in [-0.15, -0.1) is 0 Å². The quantitative estimate of drug-likeness (QED) is 0.577. The fourth-order valence-corrected chi connectivity index (χ4v) is 1.76. The van der Waals surface area contributed by atoms with Crippen molar-refractivity contribution in [1.29, 1.82) is 0 Å². The highest BCUT2D eigenvalue weighted by molar-refractivity contribution is 5.99. The molecule has 1 atom stereocenters. The summed E-state index contributed by atoms with van der Waals surface area (Å²) < 4.78 is 10.1. The van der Waals surface area contributed by atoms with Gasteiger partial charge >= 0.3 is 12.1 Å². The van der Waals surface area contributed by atoms with Crippen molar-refractivity contribution >= 4 is 17.8 Å². The second kappa shape index (κ2) is 8.76. The summed E-state index contributed by atoms with van der Waals surface area (Å²) in [6.45, 7) is 12.5. The second-order valence-electron chi connectivity index (χ2n) is 7.01. The summed E-state index contributed by atoms with van der Waals surface area (Å²) in [5.41, 5.74) is -0.647. The topological polar surface area (TPSA) is 81.7 Å². The molecule has 6 nitrogen and oxygen atoms in total. The van der Waals surface area contributed by atoms with Crippen LogP contribution in [0, 0.1) is 5.92 Å². The molecule has 0 fully saturated rings. The Labute approximate surface area is 132 Å². The molecule has 0 aliphatic carbocycles. The van der Waals surface area contributed by atoms with Gasteiger partial charge in [-0.25, -0.2) is 4.79 Å². The Morgan fingerprint density at radius 1 is 1.05 bits per heavy atom. The van der Waals surface area contributed by atoms with Crippen LogP contribution in [0.1, 0.15) is 61.3 Å². The molecule has 0 saturated heterocycles. The molecule has 0 unspecified atom stereocenters. The van der Waals surface area contributed by atoms with Gasteiger partial charge in [0.1, 0.15) is 12.0 Å². The number of carbonyl (C=O) groups is 3. The molecular weight excluding hydrogens is 286 g/mol. The summed E-state index contributed by atoms with van der Waals surface area (Å²) in [6, 6.07) is -0.755. The molecule has 22 heavy (non-hydrogen) atoms. The number of hydrogen-bond acceptors (Lipinski definition) is 5. The van der Waals surface area contributed by atoms with Crippen LogP contribution in [-0.4, -0.2) is 35.6 Å². The van der Waals surface area contributed by atoms with Crippen LogP contribution >= 0.6 is 0 Å². The number of Topliss-reactive ketones (excluding diaryl/α,β-unsaturated/α-hetero) is 1. The molecule has 128 valence electrons. The van der Waals surface area contributed by atoms with Crippen LogP contribution in [-0.2, 0) is 19.1 Å². The van der Waals surface area contributed by atoms with Gasteiger partial charge in [-0.1, -0.05) is 13.8 Å². The van der Waals surface area contributed by atoms with Crippen LogP contribution < -0.4 is 5.32 Å². The van der Waals surface area contributed by atoms with E-state index >= 15 is 0 Å². The average molecular weight is 315 g/mol. The maximum atomic E-state index is 12.2. The molecule has 0 saturated carbocycles. The van der Waals surface area contributed by atoms with Gasteiger partial charge in [0.15, 0.2) is 5.78 Å². The first-order chi connectivity index (χ1) is 9.90. The molecule has 0 heterocycles. The first-order valence-corrected chi connectivity index (χ1v) is 7.62. The normalized spacial score (nSPS) is 13.0. The number of carbonyl (C=O) groups excluding carboxylic acids is 3. The highest BCUT2D eigenvalue weighted by atomic mass is 16.6. The Morgan fingerprint density at radius 2 is 1.59 bits per heavy atom. The van der Waals surface area contributed by atoms with E-state index in [1.165, 1.54) is 0 Å². The summed E-state index contributed by atoms with van der Waals surface area (Å²) in [4.78, 5) is 35.6. The van der Waals surface area contributed by atoms with Crippen molar-refractivity contribution < 1.29 is 23.9 Å². The third kappa shape index (κ3) is 10.2. The van der Waals surface area contributed by atoms with E-state index < -0.39 is 23.7 Å². The van der Waals surface area contributed by atoms with Gasteiger partial charge in [-0.05, 0) is 47.0 Å². The van der Waals surface area contributed by atoms with Crippen molar-refractivity contribution in [2.75, 3.05) is 0 Å². The first kappa shape index (κ1) is 20.4. The van der Waals surface area contributed by atoms with E-state index in [2.05, 4.69) is 5.32 Å². The number of hydrogen-bond donors (Lipinski definition) is 1. The number of nitrogens with one attached hydrogen (secondary N) is 1. The molecule has 0 rings (SSSR count). The van der Waals surface area contributed by atoms with E-state index in [9.17, 15) is 14.4 Å². The van der Waals surface area contributed by atoms with Crippen LogP contribution in [0.15, 0.2) is 0 Å². The van der Waals surface area contributed by atoms with Gasteiger partial charge in [-0.2, -0.15) is 0 Å². The Balaban J connectivity index is 4.72.